The third-order valence-electron chi connectivity index (χ3n) is 6.34. The molecule has 1 N–H and O–H groups in total. The Morgan fingerprint density at radius 1 is 0.974 bits per heavy atom. The van der Waals surface area contributed by atoms with E-state index >= 15 is 0 Å². The van der Waals surface area contributed by atoms with Crippen LogP contribution in [0.1, 0.15) is 54.1 Å². The van der Waals surface area contributed by atoms with E-state index in [1.807, 2.05) is 0 Å². The van der Waals surface area contributed by atoms with Gasteiger partial charge in [0, 0.05) is 40.3 Å². The van der Waals surface area contributed by atoms with E-state index in [1.54, 1.807) is 24.3 Å². The Bertz CT molecular complexity index is 1350. The second kappa shape index (κ2) is 13.0. The number of rotatable bonds is 11. The average Bonchev–Trinajstić information content (AvgIpc) is 2.90. The molecule has 0 atom stereocenters. The number of anilines is 1. The highest BCUT2D eigenvalue weighted by molar-refractivity contribution is 8.00. The van der Waals surface area contributed by atoms with Crippen LogP contribution in [-0.4, -0.2) is 24.2 Å². The van der Waals surface area contributed by atoms with Crippen LogP contribution in [0, 0.1) is 23.3 Å². The van der Waals surface area contributed by atoms with Crippen molar-refractivity contribution in [2.75, 3.05) is 17.3 Å². The Hall–Kier alpha value is -3.53. The molecule has 0 radical (unpaired) electrons. The number of carbonyl (C=O) groups excluding carboxylic acids is 2. The Labute approximate surface area is 228 Å². The van der Waals surface area contributed by atoms with Crippen molar-refractivity contribution in [1.29, 1.82) is 0 Å². The molecule has 0 bridgehead atoms. The molecule has 0 saturated heterocycles. The molecular weight excluding hydrogens is 532 g/mol. The van der Waals surface area contributed by atoms with Gasteiger partial charge in [0.1, 0.15) is 29.0 Å². The molecular formula is C29H28F4N2O3S. The number of nitrogens with zero attached hydrogens (tertiary/aromatic N) is 1. The SMILES string of the molecule is CCCCCCOc1cccc(F)c1CN1C(=O)CSc2cc(C(=O)NCc3c(F)cc(F)cc3F)ccc21. The van der Waals surface area contributed by atoms with Crippen LogP contribution in [0.2, 0.25) is 0 Å². The van der Waals surface area contributed by atoms with E-state index in [0.29, 0.717) is 35.1 Å². The lowest BCUT2D eigenvalue weighted by Gasteiger charge is -2.30. The summed E-state index contributed by atoms with van der Waals surface area (Å²) < 4.78 is 61.7. The predicted molar refractivity (Wildman–Crippen MR) is 142 cm³/mol. The summed E-state index contributed by atoms with van der Waals surface area (Å²) in [4.78, 5) is 27.6. The van der Waals surface area contributed by atoms with Crippen molar-refractivity contribution in [3.05, 3.63) is 88.5 Å². The minimum atomic E-state index is -1.10. The fraction of sp³-hybridized carbons (Fsp3) is 0.310. The summed E-state index contributed by atoms with van der Waals surface area (Å²) in [6.07, 6.45) is 4.04. The van der Waals surface area contributed by atoms with Crippen molar-refractivity contribution in [2.24, 2.45) is 0 Å². The van der Waals surface area contributed by atoms with Gasteiger partial charge in [0.15, 0.2) is 0 Å². The molecule has 3 aromatic rings. The van der Waals surface area contributed by atoms with Gasteiger partial charge in [-0.3, -0.25) is 9.59 Å². The molecule has 5 nitrogen and oxygen atoms in total. The highest BCUT2D eigenvalue weighted by atomic mass is 32.2. The van der Waals surface area contributed by atoms with E-state index in [2.05, 4.69) is 12.2 Å². The molecule has 1 heterocycles. The smallest absolute Gasteiger partial charge is 0.251 e. The zero-order chi connectivity index (χ0) is 27.9. The van der Waals surface area contributed by atoms with Crippen molar-refractivity contribution < 1.29 is 31.9 Å². The summed E-state index contributed by atoms with van der Waals surface area (Å²) in [6, 6.07) is 10.3. The third-order valence-corrected chi connectivity index (χ3v) is 7.37. The van der Waals surface area contributed by atoms with E-state index in [1.165, 1.54) is 28.8 Å². The predicted octanol–water partition coefficient (Wildman–Crippen LogP) is 6.77. The van der Waals surface area contributed by atoms with Crippen LogP contribution in [0.4, 0.5) is 23.2 Å². The van der Waals surface area contributed by atoms with Crippen LogP contribution in [0.15, 0.2) is 53.4 Å². The third kappa shape index (κ3) is 6.92. The number of thioether (sulfide) groups is 1. The number of hydrogen-bond donors (Lipinski definition) is 1. The fourth-order valence-electron chi connectivity index (χ4n) is 4.23. The Morgan fingerprint density at radius 2 is 1.74 bits per heavy atom. The molecule has 206 valence electrons. The number of unbranched alkanes of at least 4 members (excludes halogenated alkanes) is 3. The molecule has 39 heavy (non-hydrogen) atoms. The summed E-state index contributed by atoms with van der Waals surface area (Å²) >= 11 is 1.24. The highest BCUT2D eigenvalue weighted by Gasteiger charge is 2.28. The van der Waals surface area contributed by atoms with Crippen LogP contribution in [0.3, 0.4) is 0 Å². The lowest BCUT2D eigenvalue weighted by molar-refractivity contribution is -0.116. The quantitative estimate of drug-likeness (QED) is 0.208. The first-order valence-electron chi connectivity index (χ1n) is 12.7. The molecule has 0 unspecified atom stereocenters. The van der Waals surface area contributed by atoms with Gasteiger partial charge in [-0.1, -0.05) is 32.3 Å². The van der Waals surface area contributed by atoms with Gasteiger partial charge in [-0.25, -0.2) is 17.6 Å². The summed E-state index contributed by atoms with van der Waals surface area (Å²) in [7, 11) is 0. The lowest BCUT2D eigenvalue weighted by atomic mass is 10.1. The molecule has 0 aliphatic carbocycles. The number of amides is 2. The average molecular weight is 561 g/mol. The second-order valence-electron chi connectivity index (χ2n) is 9.11. The summed E-state index contributed by atoms with van der Waals surface area (Å²) in [5, 5.41) is 2.43. The van der Waals surface area contributed by atoms with E-state index in [-0.39, 0.29) is 29.3 Å². The second-order valence-corrected chi connectivity index (χ2v) is 10.1. The van der Waals surface area contributed by atoms with Crippen molar-refractivity contribution >= 4 is 29.3 Å². The first-order chi connectivity index (χ1) is 18.8. The van der Waals surface area contributed by atoms with Crippen LogP contribution in [0.5, 0.6) is 5.75 Å². The van der Waals surface area contributed by atoms with Gasteiger partial charge >= 0.3 is 0 Å². The standard InChI is InChI=1S/C29H28F4N2O3S/c1-2-3-4-5-11-38-26-8-6-7-22(31)21(26)16-35-25-10-9-18(12-27(25)39-17-28(35)36)29(37)34-15-20-23(32)13-19(30)14-24(20)33/h6-10,12-14H,2-5,11,15-17H2,1H3,(H,34,37). The maximum atomic E-state index is 14.9. The molecule has 10 heteroatoms. The van der Waals surface area contributed by atoms with E-state index in [4.69, 9.17) is 4.74 Å². The van der Waals surface area contributed by atoms with Crippen LogP contribution in [0.25, 0.3) is 0 Å². The topological polar surface area (TPSA) is 58.6 Å². The minimum Gasteiger partial charge on any atom is -0.493 e. The molecule has 4 rings (SSSR count). The molecule has 0 saturated carbocycles. The van der Waals surface area contributed by atoms with Crippen molar-refractivity contribution in [3.63, 3.8) is 0 Å². The van der Waals surface area contributed by atoms with Crippen molar-refractivity contribution in [1.82, 2.24) is 5.32 Å². The number of hydrogen-bond acceptors (Lipinski definition) is 4. The Balaban J connectivity index is 1.49. The molecule has 0 fully saturated rings. The largest absolute Gasteiger partial charge is 0.493 e. The Morgan fingerprint density at radius 3 is 2.49 bits per heavy atom. The van der Waals surface area contributed by atoms with Crippen LogP contribution >= 0.6 is 11.8 Å². The van der Waals surface area contributed by atoms with Crippen molar-refractivity contribution in [3.8, 4) is 5.75 Å². The molecule has 2 amide bonds. The first kappa shape index (κ1) is 28.5. The fourth-order valence-corrected chi connectivity index (χ4v) is 5.20. The maximum Gasteiger partial charge on any atom is 0.251 e. The lowest BCUT2D eigenvalue weighted by Crippen LogP contribution is -2.35. The summed E-state index contributed by atoms with van der Waals surface area (Å²) in [5.41, 5.74) is 0.535. The number of carbonyl (C=O) groups is 2. The van der Waals surface area contributed by atoms with E-state index < -0.39 is 41.3 Å². The number of fused-ring (bicyclic) bond motifs is 1. The van der Waals surface area contributed by atoms with Gasteiger partial charge in [0.25, 0.3) is 5.91 Å². The number of nitrogens with one attached hydrogen (secondary N) is 1. The minimum absolute atomic E-state index is 0.0436. The molecule has 3 aromatic carbocycles. The number of ether oxygens (including phenoxy) is 1. The number of benzene rings is 3. The maximum absolute atomic E-state index is 14.9. The van der Waals surface area contributed by atoms with Crippen LogP contribution in [-0.2, 0) is 17.9 Å². The van der Waals surface area contributed by atoms with Crippen molar-refractivity contribution in [2.45, 2.75) is 50.6 Å². The zero-order valence-electron chi connectivity index (χ0n) is 21.4. The molecule has 0 aromatic heterocycles. The van der Waals surface area contributed by atoms with Gasteiger partial charge in [0.05, 0.1) is 24.6 Å². The van der Waals surface area contributed by atoms with E-state index in [9.17, 15) is 27.2 Å². The molecule has 1 aliphatic rings. The monoisotopic (exact) mass is 560 g/mol. The van der Waals surface area contributed by atoms with Crippen LogP contribution < -0.4 is 15.0 Å². The zero-order valence-corrected chi connectivity index (χ0v) is 22.2. The Kier molecular flexibility index (Phi) is 9.50. The number of halogens is 4. The van der Waals surface area contributed by atoms with Gasteiger partial charge < -0.3 is 15.0 Å². The molecule has 0 spiro atoms. The van der Waals surface area contributed by atoms with Gasteiger partial charge in [-0.05, 0) is 36.8 Å². The molecule has 1 aliphatic heterocycles. The highest BCUT2D eigenvalue weighted by Crippen LogP contribution is 2.38. The van der Waals surface area contributed by atoms with E-state index in [0.717, 1.165) is 25.7 Å². The van der Waals surface area contributed by atoms with Gasteiger partial charge in [0.2, 0.25) is 5.91 Å². The first-order valence-corrected chi connectivity index (χ1v) is 13.7. The normalized spacial score (nSPS) is 12.8. The van der Waals surface area contributed by atoms with Gasteiger partial charge in [-0.15, -0.1) is 11.8 Å². The summed E-state index contributed by atoms with van der Waals surface area (Å²) in [6.45, 7) is 2.04. The summed E-state index contributed by atoms with van der Waals surface area (Å²) in [5.74, 6) is -4.07. The van der Waals surface area contributed by atoms with Gasteiger partial charge in [-0.2, -0.15) is 0 Å².